The minimum atomic E-state index is -0.471. The molecule has 2 N–H and O–H groups in total. The van der Waals surface area contributed by atoms with E-state index in [4.69, 9.17) is 9.47 Å². The Bertz CT molecular complexity index is 1540. The van der Waals surface area contributed by atoms with Gasteiger partial charge in [-0.15, -0.1) is 11.8 Å². The number of rotatable bonds is 9. The van der Waals surface area contributed by atoms with Crippen LogP contribution in [0.2, 0.25) is 0 Å². The number of aromatic nitrogens is 2. The Morgan fingerprint density at radius 2 is 1.56 bits per heavy atom. The highest BCUT2D eigenvalue weighted by atomic mass is 32.2. The number of hydrogen-bond acceptors (Lipinski definition) is 6. The Kier molecular flexibility index (Phi) is 8.46. The number of benzene rings is 3. The zero-order valence-electron chi connectivity index (χ0n) is 22.3. The highest BCUT2D eigenvalue weighted by molar-refractivity contribution is 8.00. The second-order valence-corrected chi connectivity index (χ2v) is 10.1. The van der Waals surface area contributed by atoms with Crippen LogP contribution in [-0.2, 0) is 11.8 Å². The van der Waals surface area contributed by atoms with Gasteiger partial charge in [-0.3, -0.25) is 19.1 Å². The largest absolute Gasteiger partial charge is 0.493 e. The monoisotopic (exact) mass is 546 g/mol. The van der Waals surface area contributed by atoms with Crippen LogP contribution in [0, 0.1) is 6.92 Å². The van der Waals surface area contributed by atoms with Gasteiger partial charge in [0.1, 0.15) is 5.69 Å². The number of carbonyl (C=O) groups is 2. The topological polar surface area (TPSA) is 104 Å². The molecule has 3 aromatic carbocycles. The number of hydrogen-bond donors (Lipinski definition) is 2. The molecule has 4 rings (SSSR count). The van der Waals surface area contributed by atoms with Crippen LogP contribution in [-0.4, -0.2) is 40.6 Å². The van der Waals surface area contributed by atoms with Gasteiger partial charge in [-0.05, 0) is 68.4 Å². The molecule has 0 bridgehead atoms. The van der Waals surface area contributed by atoms with Gasteiger partial charge in [-0.1, -0.05) is 18.2 Å². The summed E-state index contributed by atoms with van der Waals surface area (Å²) < 4.78 is 13.7. The first-order chi connectivity index (χ1) is 18.7. The van der Waals surface area contributed by atoms with Crippen molar-refractivity contribution in [3.63, 3.8) is 0 Å². The summed E-state index contributed by atoms with van der Waals surface area (Å²) in [6.45, 7) is 3.57. The van der Waals surface area contributed by atoms with E-state index in [1.54, 1.807) is 55.9 Å². The summed E-state index contributed by atoms with van der Waals surface area (Å²) in [5, 5.41) is 5.19. The first kappa shape index (κ1) is 27.6. The van der Waals surface area contributed by atoms with Crippen molar-refractivity contribution in [1.29, 1.82) is 0 Å². The molecule has 10 heteroatoms. The van der Waals surface area contributed by atoms with Crippen molar-refractivity contribution in [2.24, 2.45) is 7.05 Å². The Morgan fingerprint density at radius 1 is 0.897 bits per heavy atom. The number of carbonyl (C=O) groups excluding carboxylic acids is 2. The Hall–Kier alpha value is -4.44. The van der Waals surface area contributed by atoms with Crippen LogP contribution in [0.25, 0.3) is 5.69 Å². The first-order valence-electron chi connectivity index (χ1n) is 12.2. The number of methoxy groups -OCH3 is 2. The quantitative estimate of drug-likeness (QED) is 0.290. The summed E-state index contributed by atoms with van der Waals surface area (Å²) >= 11 is 1.35. The Balaban J connectivity index is 1.40. The maximum Gasteiger partial charge on any atom is 0.295 e. The van der Waals surface area contributed by atoms with E-state index in [9.17, 15) is 14.4 Å². The molecule has 4 aromatic rings. The second kappa shape index (κ2) is 12.0. The molecule has 1 aromatic heterocycles. The van der Waals surface area contributed by atoms with E-state index >= 15 is 0 Å². The molecule has 0 spiro atoms. The Morgan fingerprint density at radius 3 is 2.21 bits per heavy atom. The highest BCUT2D eigenvalue weighted by Gasteiger charge is 2.21. The van der Waals surface area contributed by atoms with Gasteiger partial charge in [0.2, 0.25) is 5.91 Å². The molecule has 9 nitrogen and oxygen atoms in total. The second-order valence-electron chi connectivity index (χ2n) is 8.73. The van der Waals surface area contributed by atoms with Crippen molar-refractivity contribution in [3.05, 3.63) is 94.4 Å². The SMILES string of the molecule is COc1ccc(C(=O)Nc2ccc(SC(C)C(=O)Nc3c(C)n(C)n(-c4ccccc4)c3=O)cc2)cc1OC. The number of thioether (sulfide) groups is 1. The number of anilines is 2. The lowest BCUT2D eigenvalue weighted by molar-refractivity contribution is -0.115. The van der Waals surface area contributed by atoms with Crippen LogP contribution in [0.15, 0.2) is 82.5 Å². The molecule has 0 radical (unpaired) electrons. The number of amides is 2. The van der Waals surface area contributed by atoms with Crippen molar-refractivity contribution in [2.45, 2.75) is 24.0 Å². The standard InChI is InChI=1S/C29H30N4O5S/c1-18-26(29(36)33(32(18)3)22-9-7-6-8-10-22)31-27(34)19(2)39-23-14-12-21(13-15-23)30-28(35)20-11-16-24(37-4)25(17-20)38-5/h6-17,19H,1-5H3,(H,30,35)(H,31,34). The van der Waals surface area contributed by atoms with Crippen LogP contribution in [0.1, 0.15) is 23.0 Å². The maximum absolute atomic E-state index is 13.1. The smallest absolute Gasteiger partial charge is 0.295 e. The molecule has 0 saturated heterocycles. The van der Waals surface area contributed by atoms with Gasteiger partial charge < -0.3 is 20.1 Å². The van der Waals surface area contributed by atoms with E-state index in [1.807, 2.05) is 42.5 Å². The average Bonchev–Trinajstić information content (AvgIpc) is 3.16. The number of ether oxygens (including phenoxy) is 2. The first-order valence-corrected chi connectivity index (χ1v) is 13.1. The summed E-state index contributed by atoms with van der Waals surface area (Å²) in [4.78, 5) is 39.6. The van der Waals surface area contributed by atoms with Gasteiger partial charge in [0.15, 0.2) is 11.5 Å². The fourth-order valence-corrected chi connectivity index (χ4v) is 4.86. The van der Waals surface area contributed by atoms with Gasteiger partial charge in [-0.25, -0.2) is 4.68 Å². The number of nitrogens with zero attached hydrogens (tertiary/aromatic N) is 2. The summed E-state index contributed by atoms with van der Waals surface area (Å²) in [6.07, 6.45) is 0. The van der Waals surface area contributed by atoms with E-state index < -0.39 is 5.25 Å². The van der Waals surface area contributed by atoms with Crippen molar-refractivity contribution < 1.29 is 19.1 Å². The molecule has 1 atom stereocenters. The predicted octanol–water partition coefficient (Wildman–Crippen LogP) is 4.87. The molecular weight excluding hydrogens is 516 g/mol. The van der Waals surface area contributed by atoms with Gasteiger partial charge in [-0.2, -0.15) is 0 Å². The van der Waals surface area contributed by atoms with Crippen LogP contribution >= 0.6 is 11.8 Å². The summed E-state index contributed by atoms with van der Waals surface area (Å²) in [7, 11) is 4.83. The summed E-state index contributed by atoms with van der Waals surface area (Å²) in [5.41, 5.74) is 2.38. The molecule has 0 aliphatic rings. The molecule has 0 aliphatic carbocycles. The van der Waals surface area contributed by atoms with Crippen molar-refractivity contribution in [1.82, 2.24) is 9.36 Å². The summed E-state index contributed by atoms with van der Waals surface area (Å²) in [6, 6.07) is 21.4. The van der Waals surface area contributed by atoms with Crippen molar-refractivity contribution in [3.8, 4) is 17.2 Å². The van der Waals surface area contributed by atoms with Crippen LogP contribution in [0.5, 0.6) is 11.5 Å². The third-order valence-corrected chi connectivity index (χ3v) is 7.35. The predicted molar refractivity (Wildman–Crippen MR) is 154 cm³/mol. The number of para-hydroxylation sites is 1. The molecule has 2 amide bonds. The van der Waals surface area contributed by atoms with Gasteiger partial charge >= 0.3 is 0 Å². The van der Waals surface area contributed by atoms with Crippen molar-refractivity contribution >= 4 is 35.0 Å². The molecular formula is C29H30N4O5S. The van der Waals surface area contributed by atoms with Gasteiger partial charge in [0.25, 0.3) is 11.5 Å². The van der Waals surface area contributed by atoms with E-state index in [-0.39, 0.29) is 23.1 Å². The van der Waals surface area contributed by atoms with Gasteiger partial charge in [0.05, 0.1) is 30.9 Å². The lowest BCUT2D eigenvalue weighted by Gasteiger charge is -2.12. The highest BCUT2D eigenvalue weighted by Crippen LogP contribution is 2.29. The fourth-order valence-electron chi connectivity index (χ4n) is 3.99. The molecule has 0 aliphatic heterocycles. The summed E-state index contributed by atoms with van der Waals surface area (Å²) in [5.74, 6) is 0.437. The number of nitrogens with one attached hydrogen (secondary N) is 2. The molecule has 39 heavy (non-hydrogen) atoms. The zero-order chi connectivity index (χ0) is 28.1. The normalized spacial score (nSPS) is 11.5. The van der Waals surface area contributed by atoms with Crippen LogP contribution in [0.4, 0.5) is 11.4 Å². The van der Waals surface area contributed by atoms with Crippen LogP contribution in [0.3, 0.4) is 0 Å². The van der Waals surface area contributed by atoms with E-state index in [0.717, 1.165) is 4.90 Å². The third kappa shape index (κ3) is 6.01. The Labute approximate surface area is 230 Å². The zero-order valence-corrected chi connectivity index (χ0v) is 23.2. The third-order valence-electron chi connectivity index (χ3n) is 6.24. The van der Waals surface area contributed by atoms with Crippen molar-refractivity contribution in [2.75, 3.05) is 24.9 Å². The fraction of sp³-hybridized carbons (Fsp3) is 0.207. The molecule has 202 valence electrons. The minimum Gasteiger partial charge on any atom is -0.493 e. The van der Waals surface area contributed by atoms with Gasteiger partial charge in [0, 0.05) is 23.2 Å². The van der Waals surface area contributed by atoms with E-state index in [2.05, 4.69) is 10.6 Å². The van der Waals surface area contributed by atoms with E-state index in [0.29, 0.717) is 34.1 Å². The molecule has 0 fully saturated rings. The lowest BCUT2D eigenvalue weighted by Crippen LogP contribution is -2.27. The molecule has 1 heterocycles. The lowest BCUT2D eigenvalue weighted by atomic mass is 10.2. The molecule has 0 saturated carbocycles. The minimum absolute atomic E-state index is 0.257. The molecule has 1 unspecified atom stereocenters. The average molecular weight is 547 g/mol. The van der Waals surface area contributed by atoms with Crippen LogP contribution < -0.4 is 25.7 Å². The van der Waals surface area contributed by atoms with E-state index in [1.165, 1.54) is 30.7 Å². The maximum atomic E-state index is 13.1.